The van der Waals surface area contributed by atoms with Crippen molar-refractivity contribution in [3.05, 3.63) is 33.9 Å². The van der Waals surface area contributed by atoms with E-state index in [0.717, 1.165) is 25.7 Å². The van der Waals surface area contributed by atoms with E-state index in [-0.39, 0.29) is 28.5 Å². The first-order chi connectivity index (χ1) is 10.1. The van der Waals surface area contributed by atoms with Crippen LogP contribution in [-0.2, 0) is 11.2 Å². The molecular formula is C15H19N3O3. The molecule has 1 aromatic rings. The predicted octanol–water partition coefficient (Wildman–Crippen LogP) is 2.00. The van der Waals surface area contributed by atoms with Crippen molar-refractivity contribution in [2.24, 2.45) is 11.7 Å². The molecule has 2 atom stereocenters. The smallest absolute Gasteiger partial charge is 0.274 e. The highest BCUT2D eigenvalue weighted by Crippen LogP contribution is 2.37. The largest absolute Gasteiger partial charge is 0.328 e. The summed E-state index contributed by atoms with van der Waals surface area (Å²) in [6, 6.07) is 5.05. The molecule has 2 aliphatic rings. The second-order valence-electron chi connectivity index (χ2n) is 5.90. The fourth-order valence-electron chi connectivity index (χ4n) is 3.49. The molecule has 1 heterocycles. The summed E-state index contributed by atoms with van der Waals surface area (Å²) in [5.41, 5.74) is 7.45. The van der Waals surface area contributed by atoms with Gasteiger partial charge in [-0.2, -0.15) is 0 Å². The molecule has 1 amide bonds. The van der Waals surface area contributed by atoms with Gasteiger partial charge in [0.2, 0.25) is 5.91 Å². The van der Waals surface area contributed by atoms with Crippen molar-refractivity contribution in [3.8, 4) is 0 Å². The summed E-state index contributed by atoms with van der Waals surface area (Å²) in [5, 5.41) is 11.1. The number of nitrogens with zero attached hydrogens (tertiary/aromatic N) is 2. The van der Waals surface area contributed by atoms with E-state index in [9.17, 15) is 14.9 Å². The molecule has 3 rings (SSSR count). The third-order valence-corrected chi connectivity index (χ3v) is 4.53. The lowest BCUT2D eigenvalue weighted by Gasteiger charge is -2.29. The van der Waals surface area contributed by atoms with E-state index in [1.807, 2.05) is 0 Å². The van der Waals surface area contributed by atoms with Crippen LogP contribution in [0.3, 0.4) is 0 Å². The van der Waals surface area contributed by atoms with Crippen LogP contribution in [0.2, 0.25) is 0 Å². The van der Waals surface area contributed by atoms with Crippen molar-refractivity contribution < 1.29 is 9.72 Å². The van der Waals surface area contributed by atoms with Crippen LogP contribution in [0.1, 0.15) is 31.2 Å². The molecule has 1 aliphatic heterocycles. The van der Waals surface area contributed by atoms with Crippen LogP contribution in [0.5, 0.6) is 0 Å². The second-order valence-corrected chi connectivity index (χ2v) is 5.90. The minimum absolute atomic E-state index is 0.0426. The fraction of sp³-hybridized carbons (Fsp3) is 0.533. The third kappa shape index (κ3) is 2.51. The lowest BCUT2D eigenvalue weighted by Crippen LogP contribution is -2.40. The molecule has 0 aromatic heterocycles. The molecular weight excluding hydrogens is 270 g/mol. The Labute approximate surface area is 123 Å². The number of carbonyl (C=O) groups excluding carboxylic acids is 1. The van der Waals surface area contributed by atoms with Crippen molar-refractivity contribution in [3.63, 3.8) is 0 Å². The van der Waals surface area contributed by atoms with Crippen LogP contribution >= 0.6 is 0 Å². The van der Waals surface area contributed by atoms with Gasteiger partial charge >= 0.3 is 0 Å². The highest BCUT2D eigenvalue weighted by Gasteiger charge is 2.35. The topological polar surface area (TPSA) is 89.5 Å². The van der Waals surface area contributed by atoms with Crippen LogP contribution in [-0.4, -0.2) is 23.4 Å². The first-order valence-electron chi connectivity index (χ1n) is 7.41. The Morgan fingerprint density at radius 1 is 1.38 bits per heavy atom. The number of nitrogens with two attached hydrogens (primary N) is 1. The van der Waals surface area contributed by atoms with Crippen molar-refractivity contribution in [1.82, 2.24) is 0 Å². The molecule has 6 heteroatoms. The standard InChI is InChI=1S/C15H19N3O3/c16-11-4-1-3-10(9-11)15(19)17-8-7-12-13(17)5-2-6-14(12)18(20)21/h2,5-6,10-11H,1,3-4,7-9,16H2. The summed E-state index contributed by atoms with van der Waals surface area (Å²) < 4.78 is 0. The number of rotatable bonds is 2. The van der Waals surface area contributed by atoms with Gasteiger partial charge in [0.15, 0.2) is 0 Å². The van der Waals surface area contributed by atoms with Crippen LogP contribution in [0, 0.1) is 16.0 Å². The second kappa shape index (κ2) is 5.44. The molecule has 6 nitrogen and oxygen atoms in total. The Hall–Kier alpha value is -1.95. The summed E-state index contributed by atoms with van der Waals surface area (Å²) in [5.74, 6) is 0.0309. The average Bonchev–Trinajstić information content (AvgIpc) is 2.90. The SMILES string of the molecule is NC1CCCC(C(=O)N2CCc3c2cccc3[N+](=O)[O-])C1. The molecule has 1 fully saturated rings. The molecule has 1 saturated carbocycles. The molecule has 112 valence electrons. The number of fused-ring (bicyclic) bond motifs is 1. The maximum absolute atomic E-state index is 12.7. The van der Waals surface area contributed by atoms with Gasteiger partial charge in [0.1, 0.15) is 0 Å². The number of amides is 1. The van der Waals surface area contributed by atoms with Gasteiger partial charge < -0.3 is 10.6 Å². The summed E-state index contributed by atoms with van der Waals surface area (Å²) >= 11 is 0. The first kappa shape index (κ1) is 14.0. The van der Waals surface area contributed by atoms with Gasteiger partial charge in [-0.05, 0) is 31.7 Å². The normalized spacial score (nSPS) is 24.7. The van der Waals surface area contributed by atoms with E-state index in [4.69, 9.17) is 5.73 Å². The maximum Gasteiger partial charge on any atom is 0.274 e. The van der Waals surface area contributed by atoms with Crippen LogP contribution in [0.15, 0.2) is 18.2 Å². The number of hydrogen-bond acceptors (Lipinski definition) is 4. The van der Waals surface area contributed by atoms with E-state index < -0.39 is 0 Å². The molecule has 0 radical (unpaired) electrons. The molecule has 0 bridgehead atoms. The number of nitro groups is 1. The molecule has 21 heavy (non-hydrogen) atoms. The summed E-state index contributed by atoms with van der Waals surface area (Å²) in [4.78, 5) is 25.1. The summed E-state index contributed by atoms with van der Waals surface area (Å²) in [6.07, 6.45) is 4.10. The molecule has 0 spiro atoms. The molecule has 0 saturated heterocycles. The number of carbonyl (C=O) groups is 1. The van der Waals surface area contributed by atoms with E-state index in [1.54, 1.807) is 17.0 Å². The minimum Gasteiger partial charge on any atom is -0.328 e. The van der Waals surface area contributed by atoms with Crippen molar-refractivity contribution in [2.75, 3.05) is 11.4 Å². The quantitative estimate of drug-likeness (QED) is 0.666. The van der Waals surface area contributed by atoms with Gasteiger partial charge in [-0.15, -0.1) is 0 Å². The Balaban J connectivity index is 1.85. The number of anilines is 1. The molecule has 2 N–H and O–H groups in total. The van der Waals surface area contributed by atoms with Gasteiger partial charge in [0.05, 0.1) is 16.2 Å². The van der Waals surface area contributed by atoms with E-state index in [0.29, 0.717) is 24.2 Å². The number of nitro benzene ring substituents is 1. The zero-order chi connectivity index (χ0) is 15.0. The van der Waals surface area contributed by atoms with Gasteiger partial charge in [-0.1, -0.05) is 12.5 Å². The van der Waals surface area contributed by atoms with Crippen molar-refractivity contribution in [2.45, 2.75) is 38.1 Å². The van der Waals surface area contributed by atoms with Crippen LogP contribution in [0.4, 0.5) is 11.4 Å². The zero-order valence-electron chi connectivity index (χ0n) is 11.8. The monoisotopic (exact) mass is 289 g/mol. The molecule has 1 aliphatic carbocycles. The van der Waals surface area contributed by atoms with Crippen molar-refractivity contribution >= 4 is 17.3 Å². The van der Waals surface area contributed by atoms with Crippen LogP contribution in [0.25, 0.3) is 0 Å². The van der Waals surface area contributed by atoms with Gasteiger partial charge in [0.25, 0.3) is 5.69 Å². The third-order valence-electron chi connectivity index (χ3n) is 4.53. The van der Waals surface area contributed by atoms with E-state index in [2.05, 4.69) is 0 Å². The summed E-state index contributed by atoms with van der Waals surface area (Å²) in [6.45, 7) is 0.532. The Bertz CT molecular complexity index is 588. The first-order valence-corrected chi connectivity index (χ1v) is 7.41. The molecule has 2 unspecified atom stereocenters. The fourth-order valence-corrected chi connectivity index (χ4v) is 3.49. The Morgan fingerprint density at radius 2 is 2.19 bits per heavy atom. The Kier molecular flexibility index (Phi) is 3.63. The number of hydrogen-bond donors (Lipinski definition) is 1. The van der Waals surface area contributed by atoms with Crippen LogP contribution < -0.4 is 10.6 Å². The van der Waals surface area contributed by atoms with Crippen molar-refractivity contribution in [1.29, 1.82) is 0 Å². The average molecular weight is 289 g/mol. The molecule has 1 aromatic carbocycles. The summed E-state index contributed by atoms with van der Waals surface area (Å²) in [7, 11) is 0. The van der Waals surface area contributed by atoms with E-state index in [1.165, 1.54) is 6.07 Å². The van der Waals surface area contributed by atoms with Gasteiger partial charge in [-0.25, -0.2) is 0 Å². The van der Waals surface area contributed by atoms with Gasteiger partial charge in [-0.3, -0.25) is 14.9 Å². The highest BCUT2D eigenvalue weighted by molar-refractivity contribution is 5.97. The zero-order valence-corrected chi connectivity index (χ0v) is 11.8. The predicted molar refractivity (Wildman–Crippen MR) is 79.1 cm³/mol. The highest BCUT2D eigenvalue weighted by atomic mass is 16.6. The Morgan fingerprint density at radius 3 is 2.90 bits per heavy atom. The maximum atomic E-state index is 12.7. The van der Waals surface area contributed by atoms with E-state index >= 15 is 0 Å². The minimum atomic E-state index is -0.372. The number of benzene rings is 1. The van der Waals surface area contributed by atoms with Gasteiger partial charge in [0, 0.05) is 24.6 Å². The lowest BCUT2D eigenvalue weighted by atomic mass is 9.85. The lowest BCUT2D eigenvalue weighted by molar-refractivity contribution is -0.385.